The van der Waals surface area contributed by atoms with Gasteiger partial charge in [0.05, 0.1) is 0 Å². The van der Waals surface area contributed by atoms with Gasteiger partial charge in [0.2, 0.25) is 0 Å². The minimum absolute atomic E-state index is 0.706. The summed E-state index contributed by atoms with van der Waals surface area (Å²) >= 11 is 0. The zero-order valence-electron chi connectivity index (χ0n) is 11.6. The van der Waals surface area contributed by atoms with Crippen LogP contribution in [0.4, 0.5) is 22.7 Å². The highest BCUT2D eigenvalue weighted by atomic mass is 14.9. The van der Waals surface area contributed by atoms with Gasteiger partial charge in [-0.2, -0.15) is 0 Å². The van der Waals surface area contributed by atoms with Crippen molar-refractivity contribution in [2.45, 2.75) is 6.92 Å². The van der Waals surface area contributed by atoms with Crippen molar-refractivity contribution in [2.75, 3.05) is 29.1 Å². The molecule has 0 amide bonds. The van der Waals surface area contributed by atoms with Gasteiger partial charge < -0.3 is 22.5 Å². The summed E-state index contributed by atoms with van der Waals surface area (Å²) in [6.45, 7) is 2.70. The highest BCUT2D eigenvalue weighted by Crippen LogP contribution is 2.18. The maximum absolute atomic E-state index is 5.88. The lowest BCUT2D eigenvalue weighted by atomic mass is 10.1. The third-order valence-electron chi connectivity index (χ3n) is 3.10. The Kier molecular flexibility index (Phi) is 4.15. The fourth-order valence-corrected chi connectivity index (χ4v) is 1.89. The molecule has 0 saturated heterocycles. The topological polar surface area (TPSA) is 90.1 Å². The Morgan fingerprint density at radius 1 is 1.00 bits per heavy atom. The van der Waals surface area contributed by atoms with E-state index in [0.29, 0.717) is 12.2 Å². The smallest absolute Gasteiger partial charge is 0.0389 e. The molecule has 0 fully saturated rings. The molecule has 0 aliphatic heterocycles. The average molecular weight is 268 g/mol. The van der Waals surface area contributed by atoms with Crippen LogP contribution in [0.15, 0.2) is 42.5 Å². The first-order valence-corrected chi connectivity index (χ1v) is 6.48. The van der Waals surface area contributed by atoms with Gasteiger partial charge in [0.15, 0.2) is 0 Å². The molecular weight excluding hydrogens is 248 g/mol. The zero-order chi connectivity index (χ0) is 14.5. The maximum atomic E-state index is 5.88. The Morgan fingerprint density at radius 3 is 2.50 bits per heavy atom. The van der Waals surface area contributed by atoms with Gasteiger partial charge in [0.25, 0.3) is 0 Å². The lowest BCUT2D eigenvalue weighted by Gasteiger charge is -2.06. The molecule has 0 atom stereocenters. The van der Waals surface area contributed by atoms with Gasteiger partial charge in [-0.1, -0.05) is 12.2 Å². The van der Waals surface area contributed by atoms with Crippen LogP contribution in [-0.2, 0) is 0 Å². The molecule has 0 saturated carbocycles. The van der Waals surface area contributed by atoms with E-state index in [0.717, 1.165) is 28.2 Å². The molecule has 0 unspecified atom stereocenters. The molecule has 2 aromatic carbocycles. The number of nitrogen functional groups attached to an aromatic ring is 3. The molecule has 0 heterocycles. The molecule has 20 heavy (non-hydrogen) atoms. The van der Waals surface area contributed by atoms with E-state index in [1.165, 1.54) is 0 Å². The summed E-state index contributed by atoms with van der Waals surface area (Å²) in [6.07, 6.45) is 3.97. The number of anilines is 4. The quantitative estimate of drug-likeness (QED) is 0.642. The lowest BCUT2D eigenvalue weighted by Crippen LogP contribution is -1.99. The monoisotopic (exact) mass is 268 g/mol. The van der Waals surface area contributed by atoms with E-state index >= 15 is 0 Å². The van der Waals surface area contributed by atoms with Crippen molar-refractivity contribution in [2.24, 2.45) is 0 Å². The Labute approximate surface area is 119 Å². The molecule has 7 N–H and O–H groups in total. The second kappa shape index (κ2) is 6.02. The molecule has 4 nitrogen and oxygen atoms in total. The molecule has 0 aliphatic carbocycles. The zero-order valence-corrected chi connectivity index (χ0v) is 11.6. The summed E-state index contributed by atoms with van der Waals surface area (Å²) in [5.41, 5.74) is 22.7. The predicted octanol–water partition coefficient (Wildman–Crippen LogP) is 2.87. The Balaban J connectivity index is 1.96. The molecule has 2 rings (SSSR count). The molecule has 0 spiro atoms. The first-order valence-electron chi connectivity index (χ1n) is 6.48. The second-order valence-electron chi connectivity index (χ2n) is 4.74. The van der Waals surface area contributed by atoms with Crippen molar-refractivity contribution in [3.63, 3.8) is 0 Å². The second-order valence-corrected chi connectivity index (χ2v) is 4.74. The summed E-state index contributed by atoms with van der Waals surface area (Å²) < 4.78 is 0. The highest BCUT2D eigenvalue weighted by Gasteiger charge is 1.96. The van der Waals surface area contributed by atoms with Gasteiger partial charge in [-0.15, -0.1) is 0 Å². The van der Waals surface area contributed by atoms with E-state index in [4.69, 9.17) is 17.2 Å². The first-order chi connectivity index (χ1) is 9.56. The summed E-state index contributed by atoms with van der Waals surface area (Å²) in [5, 5.41) is 3.30. The van der Waals surface area contributed by atoms with Gasteiger partial charge in [-0.25, -0.2) is 0 Å². The van der Waals surface area contributed by atoms with Gasteiger partial charge in [-0.05, 0) is 54.4 Å². The number of nitrogens with two attached hydrogens (primary N) is 3. The molecular formula is C16H20N4. The first kappa shape index (κ1) is 13.8. The molecule has 2 aromatic rings. The molecule has 0 aliphatic rings. The van der Waals surface area contributed by atoms with Gasteiger partial charge in [-0.3, -0.25) is 0 Å². The van der Waals surface area contributed by atoms with Gasteiger partial charge >= 0.3 is 0 Å². The van der Waals surface area contributed by atoms with Crippen LogP contribution in [0, 0.1) is 6.92 Å². The third kappa shape index (κ3) is 3.45. The van der Waals surface area contributed by atoms with Crippen molar-refractivity contribution in [3.8, 4) is 0 Å². The molecule has 4 heteroatoms. The molecule has 0 aromatic heterocycles. The average Bonchev–Trinajstić information content (AvgIpc) is 2.42. The Hall–Kier alpha value is -2.62. The summed E-state index contributed by atoms with van der Waals surface area (Å²) in [6, 6.07) is 11.4. The lowest BCUT2D eigenvalue weighted by molar-refractivity contribution is 1.33. The van der Waals surface area contributed by atoms with Crippen LogP contribution in [0.3, 0.4) is 0 Å². The normalized spacial score (nSPS) is 10.8. The molecule has 0 radical (unpaired) electrons. The SMILES string of the molecule is Cc1cc(NCC=Cc2cc(N)ccc2N)ccc1N. The van der Waals surface area contributed by atoms with E-state index in [-0.39, 0.29) is 0 Å². The van der Waals surface area contributed by atoms with E-state index in [1.54, 1.807) is 6.07 Å². The number of rotatable bonds is 4. The van der Waals surface area contributed by atoms with Crippen molar-refractivity contribution in [1.29, 1.82) is 0 Å². The summed E-state index contributed by atoms with van der Waals surface area (Å²) in [4.78, 5) is 0. The maximum Gasteiger partial charge on any atom is 0.0389 e. The Bertz CT molecular complexity index is 632. The Morgan fingerprint density at radius 2 is 1.75 bits per heavy atom. The number of aryl methyl sites for hydroxylation is 1. The van der Waals surface area contributed by atoms with Crippen LogP contribution < -0.4 is 22.5 Å². The van der Waals surface area contributed by atoms with E-state index in [9.17, 15) is 0 Å². The van der Waals surface area contributed by atoms with Crippen LogP contribution in [0.5, 0.6) is 0 Å². The number of hydrogen-bond acceptors (Lipinski definition) is 4. The van der Waals surface area contributed by atoms with Crippen LogP contribution in [0.1, 0.15) is 11.1 Å². The van der Waals surface area contributed by atoms with Crippen LogP contribution >= 0.6 is 0 Å². The highest BCUT2D eigenvalue weighted by molar-refractivity contribution is 5.68. The van der Waals surface area contributed by atoms with Crippen LogP contribution in [0.25, 0.3) is 6.08 Å². The summed E-state index contributed by atoms with van der Waals surface area (Å²) in [7, 11) is 0. The fraction of sp³-hybridized carbons (Fsp3) is 0.125. The minimum atomic E-state index is 0.706. The number of hydrogen-bond donors (Lipinski definition) is 4. The van der Waals surface area contributed by atoms with Crippen molar-refractivity contribution in [1.82, 2.24) is 0 Å². The van der Waals surface area contributed by atoms with E-state index in [2.05, 4.69) is 5.32 Å². The summed E-state index contributed by atoms with van der Waals surface area (Å²) in [5.74, 6) is 0. The number of nitrogens with one attached hydrogen (secondary N) is 1. The van der Waals surface area contributed by atoms with Gasteiger partial charge in [0, 0.05) is 29.3 Å². The van der Waals surface area contributed by atoms with Crippen molar-refractivity contribution in [3.05, 3.63) is 53.6 Å². The van der Waals surface area contributed by atoms with Gasteiger partial charge in [0.1, 0.15) is 0 Å². The van der Waals surface area contributed by atoms with Crippen LogP contribution in [-0.4, -0.2) is 6.54 Å². The largest absolute Gasteiger partial charge is 0.399 e. The van der Waals surface area contributed by atoms with E-state index in [1.807, 2.05) is 49.4 Å². The fourth-order valence-electron chi connectivity index (χ4n) is 1.89. The van der Waals surface area contributed by atoms with E-state index < -0.39 is 0 Å². The van der Waals surface area contributed by atoms with Crippen molar-refractivity contribution >= 4 is 28.8 Å². The van der Waals surface area contributed by atoms with Crippen molar-refractivity contribution < 1.29 is 0 Å². The predicted molar refractivity (Wildman–Crippen MR) is 88.4 cm³/mol. The standard InChI is InChI=1S/C16H20N4/c1-11-9-14(5-7-15(11)18)20-8-2-3-12-10-13(17)4-6-16(12)19/h2-7,9-10,20H,8,17-19H2,1H3. The number of benzene rings is 2. The third-order valence-corrected chi connectivity index (χ3v) is 3.10. The molecule has 104 valence electrons. The molecule has 0 bridgehead atoms. The van der Waals surface area contributed by atoms with Crippen LogP contribution in [0.2, 0.25) is 0 Å². The minimum Gasteiger partial charge on any atom is -0.399 e.